The Kier molecular flexibility index (Phi) is 3.54. The number of hydrogen-bond donors (Lipinski definition) is 2. The van der Waals surface area contributed by atoms with E-state index < -0.39 is 18.1 Å². The summed E-state index contributed by atoms with van der Waals surface area (Å²) in [6, 6.07) is 4.05. The topological polar surface area (TPSA) is 79.3 Å². The highest BCUT2D eigenvalue weighted by molar-refractivity contribution is 6.10. The number of rotatable bonds is 2. The number of carboxylic acids is 1. The third-order valence-electron chi connectivity index (χ3n) is 2.84. The van der Waals surface area contributed by atoms with E-state index in [0.717, 1.165) is 6.20 Å². The Balaban J connectivity index is 2.63. The molecule has 0 bridgehead atoms. The number of hydrogen-bond acceptors (Lipinski definition) is 3. The molecule has 0 aliphatic carbocycles. The van der Waals surface area contributed by atoms with Gasteiger partial charge in [-0.2, -0.15) is 13.2 Å². The Morgan fingerprint density at radius 2 is 1.90 bits per heavy atom. The van der Waals surface area contributed by atoms with Gasteiger partial charge in [0.1, 0.15) is 0 Å². The molecule has 1 aromatic carbocycles. The maximum atomic E-state index is 12.3. The molecule has 5 nitrogen and oxygen atoms in total. The number of fused-ring (bicyclic) bond motifs is 1. The predicted molar refractivity (Wildman–Crippen MR) is 68.1 cm³/mol. The number of aromatic carboxylic acids is 1. The number of anilines is 1. The molecule has 0 radical (unpaired) electrons. The summed E-state index contributed by atoms with van der Waals surface area (Å²) in [6.45, 7) is 1.60. The lowest BCUT2D eigenvalue weighted by Gasteiger charge is -2.13. The first-order valence-electron chi connectivity index (χ1n) is 5.71. The molecule has 0 spiro atoms. The fraction of sp³-hybridized carbons (Fsp3) is 0.154. The number of amides is 1. The van der Waals surface area contributed by atoms with Gasteiger partial charge in [-0.1, -0.05) is 6.07 Å². The normalized spacial score (nSPS) is 11.4. The third-order valence-corrected chi connectivity index (χ3v) is 2.84. The van der Waals surface area contributed by atoms with Crippen LogP contribution in [-0.2, 0) is 4.79 Å². The SMILES string of the molecule is Cc1ccc(NC(=O)C(F)(F)F)c2ccnc(C(=O)O)c12. The average molecular weight is 298 g/mol. The largest absolute Gasteiger partial charge is 0.476 e. The highest BCUT2D eigenvalue weighted by Gasteiger charge is 2.38. The summed E-state index contributed by atoms with van der Waals surface area (Å²) >= 11 is 0. The van der Waals surface area contributed by atoms with Crippen molar-refractivity contribution in [1.29, 1.82) is 0 Å². The number of alkyl halides is 3. The van der Waals surface area contributed by atoms with E-state index in [2.05, 4.69) is 4.98 Å². The quantitative estimate of drug-likeness (QED) is 0.893. The Morgan fingerprint density at radius 1 is 1.24 bits per heavy atom. The Morgan fingerprint density at radius 3 is 2.48 bits per heavy atom. The van der Waals surface area contributed by atoms with Crippen LogP contribution in [0.15, 0.2) is 24.4 Å². The Bertz CT molecular complexity index is 741. The van der Waals surface area contributed by atoms with E-state index in [1.54, 1.807) is 12.2 Å². The van der Waals surface area contributed by atoms with Gasteiger partial charge in [-0.15, -0.1) is 0 Å². The number of carboxylic acid groups (broad SMARTS) is 1. The number of halogens is 3. The maximum Gasteiger partial charge on any atom is 0.471 e. The molecule has 0 saturated carbocycles. The summed E-state index contributed by atoms with van der Waals surface area (Å²) in [4.78, 5) is 25.8. The number of carbonyl (C=O) groups excluding carboxylic acids is 1. The van der Waals surface area contributed by atoms with E-state index in [1.165, 1.54) is 18.2 Å². The van der Waals surface area contributed by atoms with Gasteiger partial charge in [-0.05, 0) is 24.6 Å². The van der Waals surface area contributed by atoms with Crippen LogP contribution < -0.4 is 5.32 Å². The number of nitrogens with one attached hydrogen (secondary N) is 1. The molecule has 1 amide bonds. The molecule has 0 saturated heterocycles. The molecule has 0 aliphatic rings. The van der Waals surface area contributed by atoms with E-state index in [-0.39, 0.29) is 22.2 Å². The molecule has 0 fully saturated rings. The van der Waals surface area contributed by atoms with Gasteiger partial charge in [0.15, 0.2) is 5.69 Å². The van der Waals surface area contributed by atoms with Crippen LogP contribution in [0, 0.1) is 6.92 Å². The second-order valence-corrected chi connectivity index (χ2v) is 4.27. The van der Waals surface area contributed by atoms with Gasteiger partial charge in [0.2, 0.25) is 0 Å². The van der Waals surface area contributed by atoms with Gasteiger partial charge >= 0.3 is 18.1 Å². The highest BCUT2D eigenvalue weighted by atomic mass is 19.4. The molecule has 2 aromatic rings. The second kappa shape index (κ2) is 5.04. The van der Waals surface area contributed by atoms with Gasteiger partial charge in [0, 0.05) is 22.7 Å². The standard InChI is InChI=1S/C13H9F3N2O3/c1-6-2-3-8(18-12(21)13(14,15)16)7-4-5-17-10(9(6)7)11(19)20/h2-5H,1H3,(H,18,21)(H,19,20). The minimum Gasteiger partial charge on any atom is -0.476 e. The maximum absolute atomic E-state index is 12.3. The fourth-order valence-corrected chi connectivity index (χ4v) is 1.93. The number of aromatic nitrogens is 1. The van der Waals surface area contributed by atoms with Crippen LogP contribution in [0.3, 0.4) is 0 Å². The summed E-state index contributed by atoms with van der Waals surface area (Å²) in [5.41, 5.74) is 0.122. The van der Waals surface area contributed by atoms with Crippen LogP contribution in [0.25, 0.3) is 10.8 Å². The van der Waals surface area contributed by atoms with Crippen molar-refractivity contribution < 1.29 is 27.9 Å². The summed E-state index contributed by atoms with van der Waals surface area (Å²) in [5, 5.41) is 11.2. The van der Waals surface area contributed by atoms with Crippen LogP contribution in [0.2, 0.25) is 0 Å². The minimum absolute atomic E-state index is 0.122. The van der Waals surface area contributed by atoms with Crippen LogP contribution in [-0.4, -0.2) is 28.1 Å². The first-order valence-corrected chi connectivity index (χ1v) is 5.71. The summed E-state index contributed by atoms with van der Waals surface area (Å²) in [5.74, 6) is -3.43. The molecule has 0 unspecified atom stereocenters. The van der Waals surface area contributed by atoms with Crippen molar-refractivity contribution in [3.05, 3.63) is 35.7 Å². The van der Waals surface area contributed by atoms with Gasteiger partial charge in [-0.3, -0.25) is 4.79 Å². The summed E-state index contributed by atoms with van der Waals surface area (Å²) in [7, 11) is 0. The second-order valence-electron chi connectivity index (χ2n) is 4.27. The number of pyridine rings is 1. The lowest BCUT2D eigenvalue weighted by molar-refractivity contribution is -0.167. The predicted octanol–water partition coefficient (Wildman–Crippen LogP) is 2.74. The van der Waals surface area contributed by atoms with Crippen molar-refractivity contribution in [2.24, 2.45) is 0 Å². The van der Waals surface area contributed by atoms with Crippen molar-refractivity contribution >= 4 is 28.3 Å². The zero-order chi connectivity index (χ0) is 15.8. The third kappa shape index (κ3) is 2.78. The Labute approximate surface area is 116 Å². The van der Waals surface area contributed by atoms with Crippen molar-refractivity contribution in [1.82, 2.24) is 4.98 Å². The van der Waals surface area contributed by atoms with Crippen molar-refractivity contribution in [3.63, 3.8) is 0 Å². The molecule has 110 valence electrons. The van der Waals surface area contributed by atoms with Crippen molar-refractivity contribution in [3.8, 4) is 0 Å². The molecule has 1 heterocycles. The monoisotopic (exact) mass is 298 g/mol. The number of aryl methyl sites for hydroxylation is 1. The van der Waals surface area contributed by atoms with Crippen LogP contribution >= 0.6 is 0 Å². The average Bonchev–Trinajstić information content (AvgIpc) is 2.40. The first-order chi connectivity index (χ1) is 9.71. The van der Waals surface area contributed by atoms with Gasteiger partial charge in [-0.25, -0.2) is 9.78 Å². The van der Waals surface area contributed by atoms with E-state index in [1.807, 2.05) is 0 Å². The molecule has 1 aromatic heterocycles. The van der Waals surface area contributed by atoms with Crippen LogP contribution in [0.5, 0.6) is 0 Å². The molecule has 2 rings (SSSR count). The smallest absolute Gasteiger partial charge is 0.471 e. The number of benzene rings is 1. The van der Waals surface area contributed by atoms with E-state index >= 15 is 0 Å². The summed E-state index contributed by atoms with van der Waals surface area (Å²) < 4.78 is 36.9. The van der Waals surface area contributed by atoms with Gasteiger partial charge in [0.25, 0.3) is 0 Å². The molecule has 8 heteroatoms. The van der Waals surface area contributed by atoms with Crippen LogP contribution in [0.1, 0.15) is 16.1 Å². The van der Waals surface area contributed by atoms with Gasteiger partial charge < -0.3 is 10.4 Å². The molecule has 2 N–H and O–H groups in total. The van der Waals surface area contributed by atoms with E-state index in [0.29, 0.717) is 5.56 Å². The van der Waals surface area contributed by atoms with Gasteiger partial charge in [0.05, 0.1) is 0 Å². The van der Waals surface area contributed by atoms with E-state index in [4.69, 9.17) is 5.11 Å². The van der Waals surface area contributed by atoms with Crippen LogP contribution in [0.4, 0.5) is 18.9 Å². The molecule has 0 atom stereocenters. The zero-order valence-electron chi connectivity index (χ0n) is 10.7. The zero-order valence-corrected chi connectivity index (χ0v) is 10.7. The lowest BCUT2D eigenvalue weighted by atomic mass is 10.0. The molecule has 21 heavy (non-hydrogen) atoms. The fourth-order valence-electron chi connectivity index (χ4n) is 1.93. The summed E-state index contributed by atoms with van der Waals surface area (Å²) in [6.07, 6.45) is -3.87. The first kappa shape index (κ1) is 14.8. The Hall–Kier alpha value is -2.64. The molecular weight excluding hydrogens is 289 g/mol. The van der Waals surface area contributed by atoms with Crippen molar-refractivity contribution in [2.45, 2.75) is 13.1 Å². The van der Waals surface area contributed by atoms with E-state index in [9.17, 15) is 22.8 Å². The number of carbonyl (C=O) groups is 2. The number of nitrogens with zero attached hydrogens (tertiary/aromatic N) is 1. The highest BCUT2D eigenvalue weighted by Crippen LogP contribution is 2.29. The molecular formula is C13H9F3N2O3. The lowest BCUT2D eigenvalue weighted by Crippen LogP contribution is -2.30. The van der Waals surface area contributed by atoms with Crippen molar-refractivity contribution in [2.75, 3.05) is 5.32 Å². The minimum atomic E-state index is -5.03. The molecule has 0 aliphatic heterocycles.